The highest BCUT2D eigenvalue weighted by atomic mass is 32.2. The van der Waals surface area contributed by atoms with Crippen LogP contribution in [0.2, 0.25) is 0 Å². The second kappa shape index (κ2) is 7.88. The number of amides is 1. The largest absolute Gasteiger partial charge is 0.355 e. The number of aromatic amines is 1. The van der Waals surface area contributed by atoms with E-state index >= 15 is 0 Å². The van der Waals surface area contributed by atoms with Crippen molar-refractivity contribution in [2.75, 3.05) is 12.3 Å². The van der Waals surface area contributed by atoms with Crippen LogP contribution in [-0.2, 0) is 11.2 Å². The van der Waals surface area contributed by atoms with E-state index in [0.717, 1.165) is 35.9 Å². The molecule has 5 heteroatoms. The van der Waals surface area contributed by atoms with Gasteiger partial charge in [0.15, 0.2) is 5.16 Å². The number of nitrogens with one attached hydrogen (secondary N) is 2. The topological polar surface area (TPSA) is 57.8 Å². The van der Waals surface area contributed by atoms with Crippen LogP contribution in [-0.4, -0.2) is 28.2 Å². The molecule has 0 aliphatic heterocycles. The molecule has 0 unspecified atom stereocenters. The minimum atomic E-state index is 0.0560. The van der Waals surface area contributed by atoms with Gasteiger partial charge in [-0.25, -0.2) is 4.98 Å². The standard InChI is InChI=1S/C16H21N3OS/c1-3-9-17-15(20)11-21-16-18-12(2)14(19-16)10-13-7-5-4-6-8-13/h4-8H,3,9-11H2,1-2H3,(H,17,20)(H,18,19). The van der Waals surface area contributed by atoms with Crippen LogP contribution < -0.4 is 5.32 Å². The van der Waals surface area contributed by atoms with Gasteiger partial charge in [0.1, 0.15) is 0 Å². The molecule has 0 aliphatic rings. The van der Waals surface area contributed by atoms with Crippen molar-refractivity contribution in [3.8, 4) is 0 Å². The average Bonchev–Trinajstić information content (AvgIpc) is 2.84. The molecule has 0 saturated carbocycles. The predicted molar refractivity (Wildman–Crippen MR) is 86.6 cm³/mol. The first-order chi connectivity index (χ1) is 10.2. The highest BCUT2D eigenvalue weighted by Crippen LogP contribution is 2.18. The summed E-state index contributed by atoms with van der Waals surface area (Å²) in [6.45, 7) is 4.79. The lowest BCUT2D eigenvalue weighted by molar-refractivity contribution is -0.118. The Bertz CT molecular complexity index is 580. The van der Waals surface area contributed by atoms with E-state index in [1.807, 2.05) is 32.0 Å². The molecule has 0 spiro atoms. The van der Waals surface area contributed by atoms with Crippen molar-refractivity contribution in [3.63, 3.8) is 0 Å². The Morgan fingerprint density at radius 1 is 1.33 bits per heavy atom. The van der Waals surface area contributed by atoms with Crippen LogP contribution in [0.3, 0.4) is 0 Å². The number of aryl methyl sites for hydroxylation is 1. The van der Waals surface area contributed by atoms with Gasteiger partial charge in [-0.15, -0.1) is 0 Å². The molecule has 0 saturated heterocycles. The van der Waals surface area contributed by atoms with Gasteiger partial charge in [-0.05, 0) is 18.9 Å². The molecule has 0 atom stereocenters. The average molecular weight is 303 g/mol. The van der Waals surface area contributed by atoms with Crippen molar-refractivity contribution in [2.45, 2.75) is 31.8 Å². The Kier molecular flexibility index (Phi) is 5.87. The van der Waals surface area contributed by atoms with E-state index in [4.69, 9.17) is 0 Å². The Hall–Kier alpha value is -1.75. The minimum Gasteiger partial charge on any atom is -0.355 e. The van der Waals surface area contributed by atoms with Crippen LogP contribution in [0.1, 0.15) is 30.3 Å². The molecule has 1 aromatic carbocycles. The number of thioether (sulfide) groups is 1. The Balaban J connectivity index is 1.91. The van der Waals surface area contributed by atoms with Crippen LogP contribution in [0.25, 0.3) is 0 Å². The molecule has 4 nitrogen and oxygen atoms in total. The van der Waals surface area contributed by atoms with Gasteiger partial charge in [0.25, 0.3) is 0 Å². The van der Waals surface area contributed by atoms with Gasteiger partial charge in [0.05, 0.1) is 11.4 Å². The van der Waals surface area contributed by atoms with Crippen molar-refractivity contribution >= 4 is 17.7 Å². The summed E-state index contributed by atoms with van der Waals surface area (Å²) < 4.78 is 0. The lowest BCUT2D eigenvalue weighted by Gasteiger charge is -2.01. The number of H-pyrrole nitrogens is 1. The number of nitrogens with zero attached hydrogens (tertiary/aromatic N) is 1. The van der Waals surface area contributed by atoms with E-state index in [1.54, 1.807) is 0 Å². The van der Waals surface area contributed by atoms with Crippen LogP contribution in [0, 0.1) is 6.92 Å². The summed E-state index contributed by atoms with van der Waals surface area (Å²) in [5.41, 5.74) is 3.34. The molecule has 0 bridgehead atoms. The molecule has 1 heterocycles. The lowest BCUT2D eigenvalue weighted by Crippen LogP contribution is -2.25. The first-order valence-corrected chi connectivity index (χ1v) is 8.16. The van der Waals surface area contributed by atoms with Crippen molar-refractivity contribution in [1.29, 1.82) is 0 Å². The smallest absolute Gasteiger partial charge is 0.230 e. The summed E-state index contributed by atoms with van der Waals surface area (Å²) in [5, 5.41) is 3.67. The van der Waals surface area contributed by atoms with E-state index in [-0.39, 0.29) is 5.91 Å². The van der Waals surface area contributed by atoms with Crippen molar-refractivity contribution in [1.82, 2.24) is 15.3 Å². The number of imidazole rings is 1. The van der Waals surface area contributed by atoms with Crippen LogP contribution in [0.15, 0.2) is 35.5 Å². The molecule has 2 aromatic rings. The van der Waals surface area contributed by atoms with Gasteiger partial charge in [-0.2, -0.15) is 0 Å². The molecule has 21 heavy (non-hydrogen) atoms. The zero-order chi connectivity index (χ0) is 15.1. The van der Waals surface area contributed by atoms with Crippen molar-refractivity contribution < 1.29 is 4.79 Å². The van der Waals surface area contributed by atoms with E-state index < -0.39 is 0 Å². The summed E-state index contributed by atoms with van der Waals surface area (Å²) in [7, 11) is 0. The second-order valence-electron chi connectivity index (χ2n) is 4.91. The highest BCUT2D eigenvalue weighted by molar-refractivity contribution is 7.99. The minimum absolute atomic E-state index is 0.0560. The quantitative estimate of drug-likeness (QED) is 0.773. The first-order valence-electron chi connectivity index (χ1n) is 7.18. The normalized spacial score (nSPS) is 10.6. The molecule has 0 fully saturated rings. The predicted octanol–water partition coefficient (Wildman–Crippen LogP) is 2.93. The van der Waals surface area contributed by atoms with Gasteiger partial charge < -0.3 is 10.3 Å². The third-order valence-corrected chi connectivity index (χ3v) is 3.96. The SMILES string of the molecule is CCCNC(=O)CSc1nc(Cc2ccccc2)c(C)[nH]1. The van der Waals surface area contributed by atoms with Crippen molar-refractivity contribution in [3.05, 3.63) is 47.3 Å². The monoisotopic (exact) mass is 303 g/mol. The zero-order valence-corrected chi connectivity index (χ0v) is 13.3. The molecular formula is C16H21N3OS. The molecule has 0 aliphatic carbocycles. The van der Waals surface area contributed by atoms with Crippen LogP contribution >= 0.6 is 11.8 Å². The Labute approximate surface area is 129 Å². The summed E-state index contributed by atoms with van der Waals surface area (Å²) in [6.07, 6.45) is 1.77. The van der Waals surface area contributed by atoms with Crippen LogP contribution in [0.5, 0.6) is 0 Å². The van der Waals surface area contributed by atoms with Gasteiger partial charge in [-0.1, -0.05) is 49.0 Å². The molecular weight excluding hydrogens is 282 g/mol. The number of benzene rings is 1. The number of hydrogen-bond acceptors (Lipinski definition) is 3. The molecule has 112 valence electrons. The fourth-order valence-electron chi connectivity index (χ4n) is 1.95. The van der Waals surface area contributed by atoms with Gasteiger partial charge in [-0.3, -0.25) is 4.79 Å². The van der Waals surface area contributed by atoms with E-state index in [9.17, 15) is 4.79 Å². The third kappa shape index (κ3) is 4.93. The molecule has 1 aromatic heterocycles. The summed E-state index contributed by atoms with van der Waals surface area (Å²) in [4.78, 5) is 19.4. The summed E-state index contributed by atoms with van der Waals surface area (Å²) in [5.74, 6) is 0.457. The number of rotatable bonds is 7. The van der Waals surface area contributed by atoms with Crippen LogP contribution in [0.4, 0.5) is 0 Å². The van der Waals surface area contributed by atoms with Gasteiger partial charge in [0.2, 0.25) is 5.91 Å². The summed E-state index contributed by atoms with van der Waals surface area (Å²) in [6, 6.07) is 10.3. The fraction of sp³-hybridized carbons (Fsp3) is 0.375. The number of carbonyl (C=O) groups excluding carboxylic acids is 1. The Morgan fingerprint density at radius 2 is 2.10 bits per heavy atom. The maximum atomic E-state index is 11.6. The fourth-order valence-corrected chi connectivity index (χ4v) is 2.72. The van der Waals surface area contributed by atoms with Gasteiger partial charge >= 0.3 is 0 Å². The van der Waals surface area contributed by atoms with E-state index in [2.05, 4.69) is 27.4 Å². The second-order valence-corrected chi connectivity index (χ2v) is 5.88. The third-order valence-electron chi connectivity index (χ3n) is 3.09. The lowest BCUT2D eigenvalue weighted by atomic mass is 10.1. The Morgan fingerprint density at radius 3 is 2.81 bits per heavy atom. The van der Waals surface area contributed by atoms with Crippen molar-refractivity contribution in [2.24, 2.45) is 0 Å². The number of carbonyl (C=O) groups is 1. The molecule has 0 radical (unpaired) electrons. The first kappa shape index (κ1) is 15.6. The van der Waals surface area contributed by atoms with E-state index in [1.165, 1.54) is 17.3 Å². The molecule has 1 amide bonds. The van der Waals surface area contributed by atoms with Gasteiger partial charge in [0, 0.05) is 18.7 Å². The van der Waals surface area contributed by atoms with E-state index in [0.29, 0.717) is 5.75 Å². The molecule has 2 N–H and O–H groups in total. The highest BCUT2D eigenvalue weighted by Gasteiger charge is 2.09. The zero-order valence-electron chi connectivity index (χ0n) is 12.5. The number of hydrogen-bond donors (Lipinski definition) is 2. The maximum absolute atomic E-state index is 11.6. The maximum Gasteiger partial charge on any atom is 0.230 e. The number of aromatic nitrogens is 2. The molecule has 2 rings (SSSR count). The summed E-state index contributed by atoms with van der Waals surface area (Å²) >= 11 is 1.45.